The lowest BCUT2D eigenvalue weighted by atomic mass is 9.87. The summed E-state index contributed by atoms with van der Waals surface area (Å²) < 4.78 is 0. The smallest absolute Gasteiger partial charge is 0.254 e. The fourth-order valence-electron chi connectivity index (χ4n) is 2.71. The van der Waals surface area contributed by atoms with Crippen molar-refractivity contribution in [2.75, 3.05) is 10.6 Å². The van der Waals surface area contributed by atoms with Gasteiger partial charge in [-0.1, -0.05) is 19.1 Å². The summed E-state index contributed by atoms with van der Waals surface area (Å²) in [6, 6.07) is 7.54. The topological polar surface area (TPSA) is 136 Å². The number of amides is 1. The van der Waals surface area contributed by atoms with Crippen LogP contribution in [0.4, 0.5) is 17.5 Å². The minimum atomic E-state index is -1.02. The van der Waals surface area contributed by atoms with Crippen molar-refractivity contribution in [2.45, 2.75) is 44.7 Å². The maximum absolute atomic E-state index is 12.0. The first kappa shape index (κ1) is 18.8. The number of anilines is 3. The molecule has 8 nitrogen and oxygen atoms in total. The van der Waals surface area contributed by atoms with Crippen LogP contribution in [0.1, 0.15) is 49.0 Å². The van der Waals surface area contributed by atoms with Crippen LogP contribution in [0.3, 0.4) is 0 Å². The Bertz CT molecular complexity index is 859. The highest BCUT2D eigenvalue weighted by molar-refractivity contribution is 5.97. The van der Waals surface area contributed by atoms with Gasteiger partial charge >= 0.3 is 0 Å². The van der Waals surface area contributed by atoms with Crippen LogP contribution in [0.15, 0.2) is 30.5 Å². The molecule has 3 rings (SSSR count). The molecule has 1 unspecified atom stereocenters. The van der Waals surface area contributed by atoms with Crippen molar-refractivity contribution >= 4 is 29.1 Å². The van der Waals surface area contributed by atoms with Crippen molar-refractivity contribution in [1.82, 2.24) is 9.97 Å². The molecule has 1 aromatic carbocycles. The predicted molar refractivity (Wildman–Crippen MR) is 104 cm³/mol. The average molecular weight is 368 g/mol. The molecule has 27 heavy (non-hydrogen) atoms. The molecule has 2 aromatic rings. The number of carbonyl (C=O) groups is 2. The average Bonchev–Trinajstić information content (AvgIpc) is 3.45. The van der Waals surface area contributed by atoms with Gasteiger partial charge in [0, 0.05) is 24.3 Å². The summed E-state index contributed by atoms with van der Waals surface area (Å²) in [5.74, 6) is 0.180. The second kappa shape index (κ2) is 7.32. The van der Waals surface area contributed by atoms with E-state index in [9.17, 15) is 9.59 Å². The number of nitrogens with one attached hydrogen (secondary N) is 2. The summed E-state index contributed by atoms with van der Waals surface area (Å²) in [7, 11) is 0. The van der Waals surface area contributed by atoms with Crippen molar-refractivity contribution in [1.29, 1.82) is 0 Å². The molecule has 0 bridgehead atoms. The molecule has 8 heteroatoms. The molecule has 0 aliphatic heterocycles. The van der Waals surface area contributed by atoms with Crippen LogP contribution in [0, 0.1) is 0 Å². The number of rotatable bonds is 8. The Kier molecular flexibility index (Phi) is 5.09. The Morgan fingerprint density at radius 2 is 1.93 bits per heavy atom. The molecule has 0 saturated heterocycles. The summed E-state index contributed by atoms with van der Waals surface area (Å²) >= 11 is 0. The van der Waals surface area contributed by atoms with E-state index in [1.807, 2.05) is 12.1 Å². The van der Waals surface area contributed by atoms with E-state index < -0.39 is 11.4 Å². The lowest BCUT2D eigenvalue weighted by Crippen LogP contribution is -2.41. The Balaban J connectivity index is 1.79. The van der Waals surface area contributed by atoms with Gasteiger partial charge in [0.25, 0.3) is 5.91 Å². The number of hydrogen-bond acceptors (Lipinski definition) is 7. The SMILES string of the molecule is CCC(=O)C(C)(N)c1ccc(Nc2ncc(C(N)=O)c(NC3CC3)n2)cc1. The number of primary amides is 1. The van der Waals surface area contributed by atoms with Gasteiger partial charge in [0.15, 0.2) is 5.78 Å². The van der Waals surface area contributed by atoms with Gasteiger partial charge in [0.2, 0.25) is 5.95 Å². The molecule has 1 aromatic heterocycles. The van der Waals surface area contributed by atoms with Crippen LogP contribution < -0.4 is 22.1 Å². The zero-order valence-electron chi connectivity index (χ0n) is 15.5. The maximum Gasteiger partial charge on any atom is 0.254 e. The highest BCUT2D eigenvalue weighted by atomic mass is 16.1. The first-order valence-electron chi connectivity index (χ1n) is 8.94. The van der Waals surface area contributed by atoms with E-state index >= 15 is 0 Å². The Morgan fingerprint density at radius 1 is 1.26 bits per heavy atom. The number of aromatic nitrogens is 2. The molecule has 1 amide bonds. The third-order valence-corrected chi connectivity index (χ3v) is 4.61. The minimum absolute atomic E-state index is 0.0237. The van der Waals surface area contributed by atoms with E-state index in [2.05, 4.69) is 20.6 Å². The molecule has 1 saturated carbocycles. The summed E-state index contributed by atoms with van der Waals surface area (Å²) in [5, 5.41) is 6.28. The van der Waals surface area contributed by atoms with Gasteiger partial charge in [-0.3, -0.25) is 9.59 Å². The predicted octanol–water partition coefficient (Wildman–Crippen LogP) is 2.05. The van der Waals surface area contributed by atoms with Gasteiger partial charge in [-0.15, -0.1) is 0 Å². The first-order chi connectivity index (χ1) is 12.8. The van der Waals surface area contributed by atoms with Crippen molar-refractivity contribution in [2.24, 2.45) is 11.5 Å². The quantitative estimate of drug-likeness (QED) is 0.560. The molecule has 1 aliphatic rings. The lowest BCUT2D eigenvalue weighted by molar-refractivity contribution is -0.123. The second-order valence-electron chi connectivity index (χ2n) is 6.92. The maximum atomic E-state index is 12.0. The van der Waals surface area contributed by atoms with E-state index in [1.54, 1.807) is 26.0 Å². The number of benzene rings is 1. The molecule has 1 aliphatic carbocycles. The van der Waals surface area contributed by atoms with Crippen LogP contribution in [0.5, 0.6) is 0 Å². The zero-order valence-corrected chi connectivity index (χ0v) is 15.5. The second-order valence-corrected chi connectivity index (χ2v) is 6.92. The lowest BCUT2D eigenvalue weighted by Gasteiger charge is -2.23. The summed E-state index contributed by atoms with van der Waals surface area (Å²) in [6.07, 6.45) is 3.87. The van der Waals surface area contributed by atoms with Gasteiger partial charge in [-0.2, -0.15) is 4.98 Å². The Labute approximate surface area is 157 Å². The highest BCUT2D eigenvalue weighted by Gasteiger charge is 2.28. The summed E-state index contributed by atoms with van der Waals surface area (Å²) in [6.45, 7) is 3.51. The van der Waals surface area contributed by atoms with Crippen molar-refractivity contribution in [3.05, 3.63) is 41.6 Å². The number of Topliss-reactive ketones (excluding diaryl/α,β-unsaturated/α-hetero) is 1. The van der Waals surface area contributed by atoms with E-state index in [0.717, 1.165) is 24.1 Å². The number of ketones is 1. The fraction of sp³-hybridized carbons (Fsp3) is 0.368. The number of nitrogens with zero attached hydrogens (tertiary/aromatic N) is 2. The third kappa shape index (κ3) is 4.22. The molecule has 1 heterocycles. The normalized spacial score (nSPS) is 15.7. The molecule has 1 fully saturated rings. The van der Waals surface area contributed by atoms with E-state index in [4.69, 9.17) is 11.5 Å². The molecule has 142 valence electrons. The number of carbonyl (C=O) groups excluding carboxylic acids is 2. The Hall–Kier alpha value is -3.00. The molecule has 6 N–H and O–H groups in total. The van der Waals surface area contributed by atoms with Crippen LogP contribution in [-0.4, -0.2) is 27.7 Å². The van der Waals surface area contributed by atoms with Gasteiger partial charge < -0.3 is 22.1 Å². The van der Waals surface area contributed by atoms with Crippen LogP contribution in [0.25, 0.3) is 0 Å². The Morgan fingerprint density at radius 3 is 2.48 bits per heavy atom. The van der Waals surface area contributed by atoms with Gasteiger partial charge in [-0.05, 0) is 37.5 Å². The fourth-order valence-corrected chi connectivity index (χ4v) is 2.71. The monoisotopic (exact) mass is 368 g/mol. The molecule has 0 spiro atoms. The van der Waals surface area contributed by atoms with E-state index in [1.165, 1.54) is 6.20 Å². The molecule has 0 radical (unpaired) electrons. The largest absolute Gasteiger partial charge is 0.367 e. The molecule has 1 atom stereocenters. The highest BCUT2D eigenvalue weighted by Crippen LogP contribution is 2.27. The van der Waals surface area contributed by atoms with E-state index in [0.29, 0.717) is 24.2 Å². The van der Waals surface area contributed by atoms with Crippen LogP contribution >= 0.6 is 0 Å². The van der Waals surface area contributed by atoms with Gasteiger partial charge in [0.1, 0.15) is 5.82 Å². The van der Waals surface area contributed by atoms with Crippen LogP contribution in [-0.2, 0) is 10.3 Å². The van der Waals surface area contributed by atoms with Crippen LogP contribution in [0.2, 0.25) is 0 Å². The summed E-state index contributed by atoms with van der Waals surface area (Å²) in [5.41, 5.74) is 12.3. The van der Waals surface area contributed by atoms with Crippen molar-refractivity contribution in [3.8, 4) is 0 Å². The van der Waals surface area contributed by atoms with Gasteiger partial charge in [0.05, 0.1) is 11.1 Å². The standard InChI is InChI=1S/C19H24N6O2/c1-3-15(26)19(2,21)11-4-6-13(7-5-11)24-18-22-10-14(16(20)27)17(25-18)23-12-8-9-12/h4-7,10,12H,3,8-9,21H2,1-2H3,(H2,20,27)(H2,22,23,24,25). The minimum Gasteiger partial charge on any atom is -0.367 e. The van der Waals surface area contributed by atoms with Gasteiger partial charge in [-0.25, -0.2) is 4.98 Å². The molecular formula is C19H24N6O2. The molecular weight excluding hydrogens is 344 g/mol. The zero-order chi connectivity index (χ0) is 19.6. The third-order valence-electron chi connectivity index (χ3n) is 4.61. The number of nitrogens with two attached hydrogens (primary N) is 2. The van der Waals surface area contributed by atoms with Crippen molar-refractivity contribution < 1.29 is 9.59 Å². The summed E-state index contributed by atoms with van der Waals surface area (Å²) in [4.78, 5) is 32.1. The first-order valence-corrected chi connectivity index (χ1v) is 8.94. The number of hydrogen-bond donors (Lipinski definition) is 4. The van der Waals surface area contributed by atoms with Crippen molar-refractivity contribution in [3.63, 3.8) is 0 Å². The van der Waals surface area contributed by atoms with E-state index in [-0.39, 0.29) is 11.3 Å².